The van der Waals surface area contributed by atoms with Gasteiger partial charge in [-0.15, -0.1) is 0 Å². The van der Waals surface area contributed by atoms with Gasteiger partial charge in [-0.25, -0.2) is 0 Å². The maximum absolute atomic E-state index is 5.24. The molecule has 1 aliphatic rings. The second-order valence-corrected chi connectivity index (χ2v) is 2.81. The summed E-state index contributed by atoms with van der Waals surface area (Å²) >= 11 is 0. The molecule has 0 bridgehead atoms. The molecular formula is C10H23NO. The number of hydrogen-bond acceptors (Lipinski definition) is 2. The third kappa shape index (κ3) is 5.56. The molecular weight excluding hydrogens is 150 g/mol. The molecule has 0 aromatic heterocycles. The molecule has 2 heteroatoms. The van der Waals surface area contributed by atoms with E-state index < -0.39 is 0 Å². The Morgan fingerprint density at radius 1 is 1.17 bits per heavy atom. The van der Waals surface area contributed by atoms with Crippen molar-refractivity contribution >= 4 is 0 Å². The van der Waals surface area contributed by atoms with Crippen molar-refractivity contribution in [2.45, 2.75) is 33.6 Å². The summed E-state index contributed by atoms with van der Waals surface area (Å²) in [7, 11) is 0. The van der Waals surface area contributed by atoms with Crippen LogP contribution < -0.4 is 0 Å². The van der Waals surface area contributed by atoms with Gasteiger partial charge in [-0.05, 0) is 13.0 Å². The topological polar surface area (TPSA) is 12.5 Å². The predicted molar refractivity (Wildman–Crippen MR) is 53.5 cm³/mol. The quantitative estimate of drug-likeness (QED) is 0.648. The second kappa shape index (κ2) is 9.01. The van der Waals surface area contributed by atoms with Crippen LogP contribution >= 0.6 is 0 Å². The Kier molecular flexibility index (Phi) is 8.95. The maximum Gasteiger partial charge on any atom is 0.0594 e. The first-order valence-corrected chi connectivity index (χ1v) is 5.23. The molecule has 0 aromatic carbocycles. The van der Waals surface area contributed by atoms with Gasteiger partial charge >= 0.3 is 0 Å². The minimum Gasteiger partial charge on any atom is -0.379 e. The Bertz CT molecular complexity index is 79.9. The Morgan fingerprint density at radius 2 is 1.75 bits per heavy atom. The molecule has 0 aliphatic carbocycles. The van der Waals surface area contributed by atoms with Crippen LogP contribution in [0.5, 0.6) is 0 Å². The molecule has 12 heavy (non-hydrogen) atoms. The lowest BCUT2D eigenvalue weighted by Crippen LogP contribution is -2.36. The van der Waals surface area contributed by atoms with Crippen LogP contribution in [-0.4, -0.2) is 37.7 Å². The fraction of sp³-hybridized carbons (Fsp3) is 1.00. The van der Waals surface area contributed by atoms with Crippen molar-refractivity contribution in [3.63, 3.8) is 0 Å². The third-order valence-corrected chi connectivity index (χ3v) is 1.93. The Morgan fingerprint density at radius 3 is 2.25 bits per heavy atom. The number of morpholine rings is 1. The van der Waals surface area contributed by atoms with E-state index in [1.807, 2.05) is 13.8 Å². The number of ether oxygens (including phenoxy) is 1. The number of unbranched alkanes of at least 4 members (excludes halogenated alkanes) is 1. The van der Waals surface area contributed by atoms with E-state index in [0.717, 1.165) is 26.3 Å². The molecule has 0 unspecified atom stereocenters. The summed E-state index contributed by atoms with van der Waals surface area (Å²) in [6.45, 7) is 11.6. The van der Waals surface area contributed by atoms with Crippen LogP contribution in [0.25, 0.3) is 0 Å². The van der Waals surface area contributed by atoms with Crippen molar-refractivity contribution in [3.8, 4) is 0 Å². The molecule has 74 valence electrons. The standard InChI is InChI=1S/C8H17NO.C2H6/c1-2-3-4-9-5-7-10-8-6-9;1-2/h2-8H2,1H3;1-2H3. The van der Waals surface area contributed by atoms with Crippen LogP contribution in [0, 0.1) is 0 Å². The molecule has 0 N–H and O–H groups in total. The molecule has 0 aromatic rings. The smallest absolute Gasteiger partial charge is 0.0594 e. The lowest BCUT2D eigenvalue weighted by Gasteiger charge is -2.26. The molecule has 0 radical (unpaired) electrons. The van der Waals surface area contributed by atoms with Crippen LogP contribution in [0.4, 0.5) is 0 Å². The van der Waals surface area contributed by atoms with Crippen molar-refractivity contribution in [3.05, 3.63) is 0 Å². The molecule has 1 fully saturated rings. The molecule has 0 spiro atoms. The monoisotopic (exact) mass is 173 g/mol. The maximum atomic E-state index is 5.24. The summed E-state index contributed by atoms with van der Waals surface area (Å²) in [6.07, 6.45) is 2.64. The minimum atomic E-state index is 0.934. The molecule has 1 aliphatic heterocycles. The minimum absolute atomic E-state index is 0.934. The highest BCUT2D eigenvalue weighted by atomic mass is 16.5. The summed E-state index contributed by atoms with van der Waals surface area (Å²) < 4.78 is 5.24. The first-order chi connectivity index (χ1) is 5.93. The largest absolute Gasteiger partial charge is 0.379 e. The van der Waals surface area contributed by atoms with Crippen molar-refractivity contribution in [1.29, 1.82) is 0 Å². The average molecular weight is 173 g/mol. The Hall–Kier alpha value is -0.0800. The summed E-state index contributed by atoms with van der Waals surface area (Å²) in [5.74, 6) is 0. The van der Waals surface area contributed by atoms with E-state index in [0.29, 0.717) is 0 Å². The molecule has 0 saturated carbocycles. The molecule has 1 heterocycles. The fourth-order valence-corrected chi connectivity index (χ4v) is 1.21. The van der Waals surface area contributed by atoms with Crippen LogP contribution in [0.15, 0.2) is 0 Å². The van der Waals surface area contributed by atoms with E-state index in [-0.39, 0.29) is 0 Å². The van der Waals surface area contributed by atoms with Crippen LogP contribution in [0.3, 0.4) is 0 Å². The zero-order valence-electron chi connectivity index (χ0n) is 8.81. The first kappa shape index (κ1) is 11.9. The molecule has 0 amide bonds. The summed E-state index contributed by atoms with van der Waals surface area (Å²) in [6, 6.07) is 0. The zero-order chi connectivity index (χ0) is 9.23. The van der Waals surface area contributed by atoms with E-state index in [1.165, 1.54) is 19.4 Å². The van der Waals surface area contributed by atoms with Gasteiger partial charge in [-0.1, -0.05) is 27.2 Å². The van der Waals surface area contributed by atoms with Crippen molar-refractivity contribution in [2.75, 3.05) is 32.8 Å². The predicted octanol–water partition coefficient (Wildman–Crippen LogP) is 2.14. The third-order valence-electron chi connectivity index (χ3n) is 1.93. The highest BCUT2D eigenvalue weighted by Gasteiger charge is 2.07. The van der Waals surface area contributed by atoms with Crippen molar-refractivity contribution < 1.29 is 4.74 Å². The van der Waals surface area contributed by atoms with Gasteiger partial charge in [0.05, 0.1) is 13.2 Å². The van der Waals surface area contributed by atoms with Gasteiger partial charge in [-0.3, -0.25) is 4.90 Å². The zero-order valence-corrected chi connectivity index (χ0v) is 8.81. The first-order valence-electron chi connectivity index (χ1n) is 5.23. The Balaban J connectivity index is 0.000000561. The number of hydrogen-bond donors (Lipinski definition) is 0. The second-order valence-electron chi connectivity index (χ2n) is 2.81. The lowest BCUT2D eigenvalue weighted by molar-refractivity contribution is 0.0373. The van der Waals surface area contributed by atoms with Gasteiger partial charge in [0.15, 0.2) is 0 Å². The van der Waals surface area contributed by atoms with Gasteiger partial charge in [-0.2, -0.15) is 0 Å². The van der Waals surface area contributed by atoms with Gasteiger partial charge < -0.3 is 4.74 Å². The molecule has 2 nitrogen and oxygen atoms in total. The van der Waals surface area contributed by atoms with Gasteiger partial charge in [0.2, 0.25) is 0 Å². The van der Waals surface area contributed by atoms with E-state index in [9.17, 15) is 0 Å². The summed E-state index contributed by atoms with van der Waals surface area (Å²) in [5.41, 5.74) is 0. The molecule has 1 saturated heterocycles. The highest BCUT2D eigenvalue weighted by molar-refractivity contribution is 4.60. The van der Waals surface area contributed by atoms with Crippen LogP contribution in [0.2, 0.25) is 0 Å². The van der Waals surface area contributed by atoms with Crippen LogP contribution in [-0.2, 0) is 4.74 Å². The van der Waals surface area contributed by atoms with E-state index in [1.54, 1.807) is 0 Å². The van der Waals surface area contributed by atoms with E-state index in [4.69, 9.17) is 4.74 Å². The number of rotatable bonds is 3. The van der Waals surface area contributed by atoms with Crippen molar-refractivity contribution in [1.82, 2.24) is 4.90 Å². The van der Waals surface area contributed by atoms with Gasteiger partial charge in [0.25, 0.3) is 0 Å². The number of nitrogens with zero attached hydrogens (tertiary/aromatic N) is 1. The van der Waals surface area contributed by atoms with E-state index >= 15 is 0 Å². The molecule has 0 atom stereocenters. The van der Waals surface area contributed by atoms with Gasteiger partial charge in [0, 0.05) is 13.1 Å². The SMILES string of the molecule is CC.CCCCN1CCOCC1. The summed E-state index contributed by atoms with van der Waals surface area (Å²) in [4.78, 5) is 2.48. The van der Waals surface area contributed by atoms with Crippen molar-refractivity contribution in [2.24, 2.45) is 0 Å². The summed E-state index contributed by atoms with van der Waals surface area (Å²) in [5, 5.41) is 0. The fourth-order valence-electron chi connectivity index (χ4n) is 1.21. The average Bonchev–Trinajstić information content (AvgIpc) is 2.19. The van der Waals surface area contributed by atoms with E-state index in [2.05, 4.69) is 11.8 Å². The highest BCUT2D eigenvalue weighted by Crippen LogP contribution is 1.98. The Labute approximate surface area is 76.9 Å². The normalized spacial score (nSPS) is 18.2. The van der Waals surface area contributed by atoms with Crippen LogP contribution in [0.1, 0.15) is 33.6 Å². The van der Waals surface area contributed by atoms with Gasteiger partial charge in [0.1, 0.15) is 0 Å². The molecule has 1 rings (SSSR count). The lowest BCUT2D eigenvalue weighted by atomic mass is 10.3.